The largest absolute Gasteiger partial charge is 0.326 e. The monoisotopic (exact) mass is 238 g/mol. The molecule has 5 nitrogen and oxygen atoms in total. The Labute approximate surface area is 96.8 Å². The minimum absolute atomic E-state index is 0.212. The van der Waals surface area contributed by atoms with Gasteiger partial charge >= 0.3 is 5.69 Å². The standard InChI is InChI=1S/C11H11FN2O3/c1-11(2)5-10(15)13-8-4-7(12)9(14(16)17)3-6(8)11/h3-4H,5H2,1-2H3,(H,13,15). The number of nitro benzene ring substituents is 1. The van der Waals surface area contributed by atoms with Crippen LogP contribution in [0.5, 0.6) is 0 Å². The van der Waals surface area contributed by atoms with Crippen molar-refractivity contribution in [1.82, 2.24) is 0 Å². The molecule has 1 aromatic carbocycles. The van der Waals surface area contributed by atoms with E-state index in [1.807, 2.05) is 0 Å². The maximum absolute atomic E-state index is 13.4. The maximum atomic E-state index is 13.4. The summed E-state index contributed by atoms with van der Waals surface area (Å²) in [4.78, 5) is 21.3. The molecule has 0 fully saturated rings. The van der Waals surface area contributed by atoms with Gasteiger partial charge in [0.2, 0.25) is 11.7 Å². The zero-order valence-electron chi connectivity index (χ0n) is 9.41. The van der Waals surface area contributed by atoms with Gasteiger partial charge in [-0.25, -0.2) is 0 Å². The molecule has 1 N–H and O–H groups in total. The molecule has 17 heavy (non-hydrogen) atoms. The van der Waals surface area contributed by atoms with Crippen molar-refractivity contribution in [2.75, 3.05) is 5.32 Å². The Morgan fingerprint density at radius 3 is 2.71 bits per heavy atom. The van der Waals surface area contributed by atoms with Crippen LogP contribution in [0.1, 0.15) is 25.8 Å². The lowest BCUT2D eigenvalue weighted by molar-refractivity contribution is -0.387. The van der Waals surface area contributed by atoms with Gasteiger partial charge in [-0.3, -0.25) is 14.9 Å². The lowest BCUT2D eigenvalue weighted by atomic mass is 9.78. The number of nitrogens with zero attached hydrogens (tertiary/aromatic N) is 1. The molecule has 1 amide bonds. The number of hydrogen-bond acceptors (Lipinski definition) is 3. The van der Waals surface area contributed by atoms with Crippen molar-refractivity contribution < 1.29 is 14.1 Å². The number of rotatable bonds is 1. The number of carbonyl (C=O) groups excluding carboxylic acids is 1. The van der Waals surface area contributed by atoms with Crippen LogP contribution in [-0.4, -0.2) is 10.8 Å². The Morgan fingerprint density at radius 1 is 1.47 bits per heavy atom. The van der Waals surface area contributed by atoms with Crippen molar-refractivity contribution in [2.24, 2.45) is 0 Å². The van der Waals surface area contributed by atoms with E-state index in [4.69, 9.17) is 0 Å². The number of anilines is 1. The second-order valence-corrected chi connectivity index (χ2v) is 4.72. The summed E-state index contributed by atoms with van der Waals surface area (Å²) in [5.74, 6) is -1.15. The third-order valence-corrected chi connectivity index (χ3v) is 2.89. The third-order valence-electron chi connectivity index (χ3n) is 2.89. The Balaban J connectivity index is 2.65. The highest BCUT2D eigenvalue weighted by atomic mass is 19.1. The summed E-state index contributed by atoms with van der Waals surface area (Å²) < 4.78 is 13.4. The smallest absolute Gasteiger partial charge is 0.305 e. The first-order chi connectivity index (χ1) is 7.81. The van der Waals surface area contributed by atoms with Crippen molar-refractivity contribution in [3.63, 3.8) is 0 Å². The molecular weight excluding hydrogens is 227 g/mol. The first kappa shape index (κ1) is 11.5. The molecule has 2 rings (SSSR count). The SMILES string of the molecule is CC1(C)CC(=O)Nc2cc(F)c([N+](=O)[O-])cc21. The maximum Gasteiger partial charge on any atom is 0.305 e. The van der Waals surface area contributed by atoms with Crippen LogP contribution in [0.3, 0.4) is 0 Å². The van der Waals surface area contributed by atoms with Gasteiger partial charge in [-0.2, -0.15) is 4.39 Å². The Morgan fingerprint density at radius 2 is 2.12 bits per heavy atom. The Hall–Kier alpha value is -1.98. The van der Waals surface area contributed by atoms with Crippen molar-refractivity contribution in [3.05, 3.63) is 33.6 Å². The number of benzene rings is 1. The lowest BCUT2D eigenvalue weighted by Crippen LogP contribution is -2.32. The van der Waals surface area contributed by atoms with Crippen LogP contribution in [-0.2, 0) is 10.2 Å². The van der Waals surface area contributed by atoms with Crippen LogP contribution in [0.15, 0.2) is 12.1 Å². The number of halogens is 1. The number of carbonyl (C=O) groups is 1. The number of nitro groups is 1. The fraction of sp³-hybridized carbons (Fsp3) is 0.364. The molecule has 90 valence electrons. The topological polar surface area (TPSA) is 72.2 Å². The van der Waals surface area contributed by atoms with Crippen LogP contribution in [0.2, 0.25) is 0 Å². The summed E-state index contributed by atoms with van der Waals surface area (Å²) in [5.41, 5.74) is -0.191. The van der Waals surface area contributed by atoms with Crippen molar-refractivity contribution >= 4 is 17.3 Å². The van der Waals surface area contributed by atoms with Gasteiger partial charge in [-0.1, -0.05) is 13.8 Å². The first-order valence-corrected chi connectivity index (χ1v) is 5.09. The third kappa shape index (κ3) is 1.86. The van der Waals surface area contributed by atoms with E-state index in [9.17, 15) is 19.3 Å². The van der Waals surface area contributed by atoms with Crippen molar-refractivity contribution in [1.29, 1.82) is 0 Å². The van der Waals surface area contributed by atoms with Gasteiger partial charge in [0.15, 0.2) is 0 Å². The van der Waals surface area contributed by atoms with Gasteiger partial charge in [0.1, 0.15) is 0 Å². The molecule has 0 aromatic heterocycles. The van der Waals surface area contributed by atoms with Gasteiger partial charge in [0.25, 0.3) is 0 Å². The summed E-state index contributed by atoms with van der Waals surface area (Å²) in [6, 6.07) is 2.20. The molecule has 1 heterocycles. The highest BCUT2D eigenvalue weighted by molar-refractivity contribution is 5.95. The molecule has 0 bridgehead atoms. The molecule has 1 aliphatic heterocycles. The van der Waals surface area contributed by atoms with Crippen LogP contribution < -0.4 is 5.32 Å². The number of fused-ring (bicyclic) bond motifs is 1. The molecule has 0 spiro atoms. The zero-order chi connectivity index (χ0) is 12.8. The summed E-state index contributed by atoms with van der Waals surface area (Å²) in [6.45, 7) is 3.60. The van der Waals surface area contributed by atoms with E-state index in [-0.39, 0.29) is 12.3 Å². The fourth-order valence-corrected chi connectivity index (χ4v) is 2.06. The van der Waals surface area contributed by atoms with Gasteiger partial charge < -0.3 is 5.32 Å². The second-order valence-electron chi connectivity index (χ2n) is 4.72. The summed E-state index contributed by atoms with van der Waals surface area (Å²) >= 11 is 0. The fourth-order valence-electron chi connectivity index (χ4n) is 2.06. The van der Waals surface area contributed by atoms with Crippen LogP contribution in [0.4, 0.5) is 15.8 Å². The molecule has 1 aliphatic rings. The quantitative estimate of drug-likeness (QED) is 0.603. The number of amides is 1. The predicted octanol–water partition coefficient (Wildman–Crippen LogP) is 2.35. The van der Waals surface area contributed by atoms with E-state index in [1.165, 1.54) is 6.07 Å². The van der Waals surface area contributed by atoms with Gasteiger partial charge in [-0.15, -0.1) is 0 Å². The van der Waals surface area contributed by atoms with E-state index < -0.39 is 21.8 Å². The lowest BCUT2D eigenvalue weighted by Gasteiger charge is -2.31. The minimum Gasteiger partial charge on any atom is -0.326 e. The van der Waals surface area contributed by atoms with Crippen LogP contribution in [0.25, 0.3) is 0 Å². The van der Waals surface area contributed by atoms with Gasteiger partial charge in [0, 0.05) is 29.7 Å². The van der Waals surface area contributed by atoms with E-state index in [0.717, 1.165) is 6.07 Å². The molecule has 0 radical (unpaired) electrons. The molecule has 0 saturated carbocycles. The van der Waals surface area contributed by atoms with E-state index in [1.54, 1.807) is 13.8 Å². The molecule has 6 heteroatoms. The Bertz CT molecular complexity index is 526. The van der Waals surface area contributed by atoms with Crippen molar-refractivity contribution in [3.8, 4) is 0 Å². The van der Waals surface area contributed by atoms with Gasteiger partial charge in [-0.05, 0) is 5.56 Å². The number of hydrogen-bond donors (Lipinski definition) is 1. The zero-order valence-corrected chi connectivity index (χ0v) is 9.41. The Kier molecular flexibility index (Phi) is 2.38. The summed E-state index contributed by atoms with van der Waals surface area (Å²) in [7, 11) is 0. The average Bonchev–Trinajstić information content (AvgIpc) is 2.13. The molecular formula is C11H11FN2O3. The van der Waals surface area contributed by atoms with Crippen LogP contribution in [0, 0.1) is 15.9 Å². The summed E-state index contributed by atoms with van der Waals surface area (Å²) in [6.07, 6.45) is 0.225. The first-order valence-electron chi connectivity index (χ1n) is 5.09. The van der Waals surface area contributed by atoms with Crippen molar-refractivity contribution in [2.45, 2.75) is 25.7 Å². The average molecular weight is 238 g/mol. The summed E-state index contributed by atoms with van der Waals surface area (Å²) in [5, 5.41) is 13.2. The molecule has 0 saturated heterocycles. The molecule has 0 aliphatic carbocycles. The van der Waals surface area contributed by atoms with E-state index >= 15 is 0 Å². The van der Waals surface area contributed by atoms with E-state index in [2.05, 4.69) is 5.32 Å². The molecule has 1 aromatic rings. The second kappa shape index (κ2) is 3.51. The number of nitrogens with one attached hydrogen (secondary N) is 1. The van der Waals surface area contributed by atoms with E-state index in [0.29, 0.717) is 11.3 Å². The predicted molar refractivity (Wildman–Crippen MR) is 59.3 cm³/mol. The highest BCUT2D eigenvalue weighted by Gasteiger charge is 2.34. The van der Waals surface area contributed by atoms with Gasteiger partial charge in [0.05, 0.1) is 4.92 Å². The minimum atomic E-state index is -0.938. The molecule has 0 unspecified atom stereocenters. The highest BCUT2D eigenvalue weighted by Crippen LogP contribution is 2.39. The van der Waals surface area contributed by atoms with Crippen LogP contribution >= 0.6 is 0 Å². The molecule has 0 atom stereocenters. The normalized spacial score (nSPS) is 17.2.